The van der Waals surface area contributed by atoms with E-state index < -0.39 is 0 Å². The molecule has 0 aliphatic carbocycles. The van der Waals surface area contributed by atoms with Crippen LogP contribution in [0.5, 0.6) is 0 Å². The molecule has 0 saturated heterocycles. The van der Waals surface area contributed by atoms with E-state index in [1.807, 2.05) is 62.5 Å². The number of fused-ring (bicyclic) bond motifs is 1. The van der Waals surface area contributed by atoms with Crippen molar-refractivity contribution in [2.24, 2.45) is 7.05 Å². The molecule has 2 aromatic carbocycles. The molecule has 0 radical (unpaired) electrons. The number of anilines is 1. The Morgan fingerprint density at radius 3 is 2.35 bits per heavy atom. The normalized spacial score (nSPS) is 10.3. The number of hydrogen-bond acceptors (Lipinski definition) is 2. The zero-order chi connectivity index (χ0) is 15.7. The highest BCUT2D eigenvalue weighted by molar-refractivity contribution is 8.93. The largest absolute Gasteiger partial charge is 0.325 e. The fourth-order valence-corrected chi connectivity index (χ4v) is 2.53. The fraction of sp³-hybridized carbons (Fsp3) is 0.176. The molecule has 1 aromatic heterocycles. The molecule has 6 heteroatoms. The number of imidazole rings is 1. The molecule has 1 heterocycles. The number of aromatic nitrogens is 2. The minimum absolute atomic E-state index is 0. The maximum absolute atomic E-state index is 12.2. The summed E-state index contributed by atoms with van der Waals surface area (Å²) in [6.45, 7) is 2.12. The van der Waals surface area contributed by atoms with E-state index in [0.29, 0.717) is 5.62 Å². The van der Waals surface area contributed by atoms with E-state index in [-0.39, 0.29) is 29.4 Å². The molecule has 1 amide bonds. The van der Waals surface area contributed by atoms with Gasteiger partial charge in [-0.05, 0) is 31.2 Å². The number of halogens is 1. The van der Waals surface area contributed by atoms with Gasteiger partial charge in [0.05, 0.1) is 11.0 Å². The number of nitrogens with one attached hydrogen (secondary N) is 2. The van der Waals surface area contributed by atoms with Gasteiger partial charge in [0, 0.05) is 12.7 Å². The summed E-state index contributed by atoms with van der Waals surface area (Å²) in [5, 5.41) is 11.0. The molecule has 0 atom stereocenters. The van der Waals surface area contributed by atoms with E-state index in [4.69, 9.17) is 5.41 Å². The Morgan fingerprint density at radius 2 is 1.70 bits per heavy atom. The van der Waals surface area contributed by atoms with E-state index in [1.54, 1.807) is 9.13 Å². The van der Waals surface area contributed by atoms with Gasteiger partial charge in [-0.2, -0.15) is 0 Å². The van der Waals surface area contributed by atoms with Gasteiger partial charge >= 0.3 is 0 Å². The fourth-order valence-electron chi connectivity index (χ4n) is 2.53. The molecule has 2 N–H and O–H groups in total. The average molecular weight is 375 g/mol. The van der Waals surface area contributed by atoms with Crippen LogP contribution in [0.2, 0.25) is 0 Å². The van der Waals surface area contributed by atoms with Crippen LogP contribution in [0.25, 0.3) is 11.0 Å². The molecular weight excluding hydrogens is 356 g/mol. The molecule has 0 aliphatic rings. The highest BCUT2D eigenvalue weighted by atomic mass is 79.9. The molecule has 0 fully saturated rings. The van der Waals surface area contributed by atoms with Crippen molar-refractivity contribution < 1.29 is 4.79 Å². The lowest BCUT2D eigenvalue weighted by Gasteiger charge is -2.07. The summed E-state index contributed by atoms with van der Waals surface area (Å²) in [6.07, 6.45) is 0. The second-order valence-corrected chi connectivity index (χ2v) is 5.37. The Balaban J connectivity index is 0.00000192. The lowest BCUT2D eigenvalue weighted by Crippen LogP contribution is -2.28. The van der Waals surface area contributed by atoms with Gasteiger partial charge in [0.2, 0.25) is 11.5 Å². The standard InChI is InChI=1S/C17H18N4O.BrH/c1-12-7-9-13(10-8-12)19-16(22)11-21-15-6-4-3-5-14(15)20(2)17(21)18;/h3-10,18H,11H2,1-2H3,(H,19,22);1H. The van der Waals surface area contributed by atoms with Crippen molar-refractivity contribution >= 4 is 39.6 Å². The van der Waals surface area contributed by atoms with Crippen LogP contribution < -0.4 is 10.9 Å². The third-order valence-electron chi connectivity index (χ3n) is 3.74. The van der Waals surface area contributed by atoms with Crippen molar-refractivity contribution in [2.45, 2.75) is 13.5 Å². The minimum Gasteiger partial charge on any atom is -0.325 e. The van der Waals surface area contributed by atoms with E-state index >= 15 is 0 Å². The molecule has 5 nitrogen and oxygen atoms in total. The molecule has 120 valence electrons. The zero-order valence-electron chi connectivity index (χ0n) is 13.0. The summed E-state index contributed by atoms with van der Waals surface area (Å²) in [4.78, 5) is 12.2. The summed E-state index contributed by atoms with van der Waals surface area (Å²) >= 11 is 0. The molecule has 0 aliphatic heterocycles. The molecule has 23 heavy (non-hydrogen) atoms. The summed E-state index contributed by atoms with van der Waals surface area (Å²) in [6, 6.07) is 15.4. The number of aryl methyl sites for hydroxylation is 2. The van der Waals surface area contributed by atoms with Crippen LogP contribution in [0, 0.1) is 12.3 Å². The third-order valence-corrected chi connectivity index (χ3v) is 3.74. The van der Waals surface area contributed by atoms with Crippen molar-refractivity contribution in [1.82, 2.24) is 9.13 Å². The van der Waals surface area contributed by atoms with Gasteiger partial charge in [-0.15, -0.1) is 17.0 Å². The highest BCUT2D eigenvalue weighted by Gasteiger charge is 2.11. The van der Waals surface area contributed by atoms with Crippen molar-refractivity contribution in [3.05, 3.63) is 59.7 Å². The number of carbonyl (C=O) groups excluding carboxylic acids is 1. The first-order chi connectivity index (χ1) is 10.6. The first kappa shape index (κ1) is 17.0. The Bertz CT molecular complexity index is 893. The highest BCUT2D eigenvalue weighted by Crippen LogP contribution is 2.12. The summed E-state index contributed by atoms with van der Waals surface area (Å²) in [7, 11) is 1.83. The van der Waals surface area contributed by atoms with Crippen molar-refractivity contribution in [3.8, 4) is 0 Å². The smallest absolute Gasteiger partial charge is 0.244 e. The quantitative estimate of drug-likeness (QED) is 0.727. The molecule has 0 spiro atoms. The lowest BCUT2D eigenvalue weighted by molar-refractivity contribution is -0.116. The summed E-state index contributed by atoms with van der Waals surface area (Å²) < 4.78 is 3.48. The lowest BCUT2D eigenvalue weighted by atomic mass is 10.2. The predicted molar refractivity (Wildman–Crippen MR) is 96.9 cm³/mol. The van der Waals surface area contributed by atoms with Crippen molar-refractivity contribution in [2.75, 3.05) is 5.32 Å². The third kappa shape index (κ3) is 3.37. The number of benzene rings is 2. The molecule has 3 aromatic rings. The number of amides is 1. The second-order valence-electron chi connectivity index (χ2n) is 5.37. The number of para-hydroxylation sites is 2. The molecule has 0 saturated carbocycles. The van der Waals surface area contributed by atoms with Gasteiger partial charge in [-0.1, -0.05) is 29.8 Å². The zero-order valence-corrected chi connectivity index (χ0v) is 14.7. The SMILES string of the molecule is Br.Cc1ccc(NC(=O)Cn2c(=N)n(C)c3ccccc32)cc1. The van der Waals surface area contributed by atoms with Crippen LogP contribution in [-0.2, 0) is 18.4 Å². The van der Waals surface area contributed by atoms with Crippen LogP contribution in [0.4, 0.5) is 5.69 Å². The Kier molecular flexibility index (Phi) is 5.05. The van der Waals surface area contributed by atoms with Crippen LogP contribution in [0.3, 0.4) is 0 Å². The summed E-state index contributed by atoms with van der Waals surface area (Å²) in [5.41, 5.74) is 4.04. The Morgan fingerprint density at radius 1 is 1.09 bits per heavy atom. The molecular formula is C17H19BrN4O. The van der Waals surface area contributed by atoms with Gasteiger partial charge < -0.3 is 14.5 Å². The molecule has 0 unspecified atom stereocenters. The van der Waals surface area contributed by atoms with E-state index in [2.05, 4.69) is 5.32 Å². The first-order valence-corrected chi connectivity index (χ1v) is 7.11. The number of hydrogen-bond donors (Lipinski definition) is 2. The monoisotopic (exact) mass is 374 g/mol. The predicted octanol–water partition coefficient (Wildman–Crippen LogP) is 2.98. The van der Waals surface area contributed by atoms with Gasteiger partial charge in [-0.25, -0.2) is 0 Å². The Labute approximate surface area is 144 Å². The topological polar surface area (TPSA) is 62.8 Å². The summed E-state index contributed by atoms with van der Waals surface area (Å²) in [5.74, 6) is -0.140. The molecule has 0 bridgehead atoms. The number of rotatable bonds is 3. The van der Waals surface area contributed by atoms with E-state index in [0.717, 1.165) is 22.3 Å². The first-order valence-electron chi connectivity index (χ1n) is 7.11. The van der Waals surface area contributed by atoms with Crippen LogP contribution in [0.15, 0.2) is 48.5 Å². The minimum atomic E-state index is -0.140. The maximum Gasteiger partial charge on any atom is 0.244 e. The van der Waals surface area contributed by atoms with E-state index in [1.165, 1.54) is 0 Å². The second kappa shape index (κ2) is 6.83. The van der Waals surface area contributed by atoms with Crippen LogP contribution >= 0.6 is 17.0 Å². The van der Waals surface area contributed by atoms with E-state index in [9.17, 15) is 4.79 Å². The van der Waals surface area contributed by atoms with Crippen LogP contribution in [0.1, 0.15) is 5.56 Å². The Hall–Kier alpha value is -2.34. The van der Waals surface area contributed by atoms with Crippen molar-refractivity contribution in [3.63, 3.8) is 0 Å². The van der Waals surface area contributed by atoms with Crippen molar-refractivity contribution in [1.29, 1.82) is 5.41 Å². The number of carbonyl (C=O) groups is 1. The number of nitrogens with zero attached hydrogens (tertiary/aromatic N) is 2. The van der Waals surface area contributed by atoms with Gasteiger partial charge in [-0.3, -0.25) is 10.2 Å². The maximum atomic E-state index is 12.2. The average Bonchev–Trinajstić information content (AvgIpc) is 2.75. The molecule has 3 rings (SSSR count). The van der Waals surface area contributed by atoms with Gasteiger partial charge in [0.25, 0.3) is 0 Å². The van der Waals surface area contributed by atoms with Gasteiger partial charge in [0.15, 0.2) is 0 Å². The van der Waals surface area contributed by atoms with Crippen LogP contribution in [-0.4, -0.2) is 15.0 Å². The van der Waals surface area contributed by atoms with Gasteiger partial charge in [0.1, 0.15) is 6.54 Å².